The molecule has 0 saturated heterocycles. The molecule has 2 atom stereocenters. The number of hydrogen-bond donors (Lipinski definition) is 3. The van der Waals surface area contributed by atoms with Gasteiger partial charge in [-0.25, -0.2) is 0 Å². The number of ketones is 1. The van der Waals surface area contributed by atoms with Gasteiger partial charge in [-0.2, -0.15) is 0 Å². The van der Waals surface area contributed by atoms with Gasteiger partial charge in [0, 0.05) is 17.7 Å². The third-order valence-corrected chi connectivity index (χ3v) is 3.57. The minimum atomic E-state index is -1.49. The summed E-state index contributed by atoms with van der Waals surface area (Å²) in [6.07, 6.45) is -2.55. The van der Waals surface area contributed by atoms with Gasteiger partial charge in [0.15, 0.2) is 12.2 Å². The van der Waals surface area contributed by atoms with Crippen molar-refractivity contribution >= 4 is 5.78 Å². The number of Topliss-reactive ketones (excluding diaryl/α,β-unsaturated/α-hetero) is 1. The number of phenols is 2. The van der Waals surface area contributed by atoms with Crippen molar-refractivity contribution in [1.82, 2.24) is 0 Å². The van der Waals surface area contributed by atoms with Crippen LogP contribution in [0.3, 0.4) is 0 Å². The van der Waals surface area contributed by atoms with E-state index in [2.05, 4.69) is 0 Å². The first-order valence-electron chi connectivity index (χ1n) is 6.60. The lowest BCUT2D eigenvalue weighted by Crippen LogP contribution is -2.36. The van der Waals surface area contributed by atoms with Gasteiger partial charge in [-0.05, 0) is 6.07 Å². The fourth-order valence-electron chi connectivity index (χ4n) is 2.52. The second-order valence-corrected chi connectivity index (χ2v) is 4.93. The van der Waals surface area contributed by atoms with Crippen molar-refractivity contribution in [2.24, 2.45) is 0 Å². The number of hydrogen-bond acceptors (Lipinski definition) is 6. The molecule has 0 saturated carbocycles. The van der Waals surface area contributed by atoms with Crippen molar-refractivity contribution in [3.63, 3.8) is 0 Å². The second kappa shape index (κ2) is 5.23. The average molecular weight is 302 g/mol. The van der Waals surface area contributed by atoms with Crippen LogP contribution in [0.25, 0.3) is 0 Å². The minimum Gasteiger partial charge on any atom is -0.508 e. The smallest absolute Gasteiger partial charge is 0.202 e. The molecule has 0 spiro atoms. The summed E-state index contributed by atoms with van der Waals surface area (Å²) in [5.41, 5.74) is 0.357. The third-order valence-electron chi connectivity index (χ3n) is 3.57. The van der Waals surface area contributed by atoms with E-state index >= 15 is 0 Å². The summed E-state index contributed by atoms with van der Waals surface area (Å²) in [6, 6.07) is 8.82. The van der Waals surface area contributed by atoms with Crippen LogP contribution in [0.2, 0.25) is 0 Å². The van der Waals surface area contributed by atoms with Crippen molar-refractivity contribution in [2.75, 3.05) is 7.11 Å². The van der Waals surface area contributed by atoms with Gasteiger partial charge in [0.25, 0.3) is 0 Å². The minimum absolute atomic E-state index is 0.0690. The number of aliphatic hydroxyl groups is 1. The predicted octanol–water partition coefficient (Wildman–Crippen LogP) is 1.78. The van der Waals surface area contributed by atoms with Gasteiger partial charge in [-0.3, -0.25) is 4.79 Å². The molecule has 6 nitrogen and oxygen atoms in total. The number of ether oxygens (including phenoxy) is 2. The van der Waals surface area contributed by atoms with Gasteiger partial charge in [-0.15, -0.1) is 0 Å². The highest BCUT2D eigenvalue weighted by molar-refractivity contribution is 6.05. The zero-order valence-corrected chi connectivity index (χ0v) is 11.7. The zero-order chi connectivity index (χ0) is 15.9. The molecule has 0 bridgehead atoms. The predicted molar refractivity (Wildman–Crippen MR) is 76.5 cm³/mol. The molecule has 0 amide bonds. The van der Waals surface area contributed by atoms with Gasteiger partial charge in [0.1, 0.15) is 28.6 Å². The number of aliphatic hydroxyl groups excluding tert-OH is 1. The van der Waals surface area contributed by atoms with E-state index in [9.17, 15) is 20.1 Å². The normalized spacial score (nSPS) is 20.2. The summed E-state index contributed by atoms with van der Waals surface area (Å²) in [7, 11) is 1.35. The van der Waals surface area contributed by atoms with Crippen molar-refractivity contribution in [3.8, 4) is 23.0 Å². The monoisotopic (exact) mass is 302 g/mol. The first kappa shape index (κ1) is 14.2. The Kier molecular flexibility index (Phi) is 3.38. The number of phenolic OH excluding ortho intramolecular Hbond substituents is 2. The average Bonchev–Trinajstić information content (AvgIpc) is 2.50. The van der Waals surface area contributed by atoms with E-state index in [0.29, 0.717) is 0 Å². The van der Waals surface area contributed by atoms with E-state index < -0.39 is 18.0 Å². The molecule has 114 valence electrons. The topological polar surface area (TPSA) is 96.2 Å². The number of benzene rings is 2. The van der Waals surface area contributed by atoms with Crippen molar-refractivity contribution < 1.29 is 29.6 Å². The van der Waals surface area contributed by atoms with Crippen LogP contribution in [0.4, 0.5) is 0 Å². The highest BCUT2D eigenvalue weighted by Gasteiger charge is 2.40. The summed E-state index contributed by atoms with van der Waals surface area (Å²) in [4.78, 5) is 12.4. The second-order valence-electron chi connectivity index (χ2n) is 4.93. The first-order chi connectivity index (χ1) is 10.5. The fraction of sp³-hybridized carbons (Fsp3) is 0.188. The molecule has 2 aromatic rings. The van der Waals surface area contributed by atoms with E-state index in [1.54, 1.807) is 18.2 Å². The van der Waals surface area contributed by atoms with Gasteiger partial charge in [0.05, 0.1) is 7.11 Å². The Morgan fingerprint density at radius 3 is 2.59 bits per heavy atom. The molecule has 3 N–H and O–H groups in total. The molecule has 0 aliphatic carbocycles. The van der Waals surface area contributed by atoms with Crippen LogP contribution < -0.4 is 9.47 Å². The summed E-state index contributed by atoms with van der Waals surface area (Å²) < 4.78 is 10.7. The summed E-state index contributed by atoms with van der Waals surface area (Å²) in [6.45, 7) is 0. The quantitative estimate of drug-likeness (QED) is 0.782. The number of carbonyl (C=O) groups excluding carboxylic acids is 1. The molecular weight excluding hydrogens is 288 g/mol. The molecule has 6 heteroatoms. The Hall–Kier alpha value is -2.73. The van der Waals surface area contributed by atoms with E-state index in [-0.39, 0.29) is 34.1 Å². The van der Waals surface area contributed by atoms with Crippen LogP contribution in [-0.4, -0.2) is 34.3 Å². The molecule has 0 aromatic heterocycles. The lowest BCUT2D eigenvalue weighted by Gasteiger charge is -2.30. The van der Waals surface area contributed by atoms with Crippen molar-refractivity contribution in [1.29, 1.82) is 0 Å². The summed E-state index contributed by atoms with van der Waals surface area (Å²) >= 11 is 0. The van der Waals surface area contributed by atoms with Crippen molar-refractivity contribution in [3.05, 3.63) is 47.5 Å². The van der Waals surface area contributed by atoms with E-state index in [1.165, 1.54) is 25.3 Å². The molecule has 0 fully saturated rings. The van der Waals surface area contributed by atoms with E-state index in [0.717, 1.165) is 0 Å². The number of para-hydroxylation sites is 1. The SMILES string of the molecule is COc1cc(O)cc2c1C(=O)[C@H](O)[C@@H](c1ccccc1O)O2. The van der Waals surface area contributed by atoms with Crippen LogP contribution >= 0.6 is 0 Å². The van der Waals surface area contributed by atoms with Gasteiger partial charge in [0.2, 0.25) is 5.78 Å². The van der Waals surface area contributed by atoms with E-state index in [4.69, 9.17) is 9.47 Å². The Labute approximate surface area is 126 Å². The highest BCUT2D eigenvalue weighted by atomic mass is 16.5. The number of fused-ring (bicyclic) bond motifs is 1. The number of methoxy groups -OCH3 is 1. The molecule has 1 aliphatic heterocycles. The van der Waals surface area contributed by atoms with Crippen LogP contribution in [0, 0.1) is 0 Å². The maximum Gasteiger partial charge on any atom is 0.202 e. The largest absolute Gasteiger partial charge is 0.508 e. The molecule has 22 heavy (non-hydrogen) atoms. The molecule has 2 aromatic carbocycles. The van der Waals surface area contributed by atoms with Crippen LogP contribution in [0.15, 0.2) is 36.4 Å². The Balaban J connectivity index is 2.12. The van der Waals surface area contributed by atoms with Crippen LogP contribution in [0.1, 0.15) is 22.0 Å². The van der Waals surface area contributed by atoms with Crippen LogP contribution in [-0.2, 0) is 0 Å². The molecule has 3 rings (SSSR count). The number of rotatable bonds is 2. The molecule has 1 aliphatic rings. The highest BCUT2D eigenvalue weighted by Crippen LogP contribution is 2.43. The number of carbonyl (C=O) groups is 1. The van der Waals surface area contributed by atoms with Crippen LogP contribution in [0.5, 0.6) is 23.0 Å². The lowest BCUT2D eigenvalue weighted by molar-refractivity contribution is 0.0203. The maximum atomic E-state index is 12.4. The van der Waals surface area contributed by atoms with E-state index in [1.807, 2.05) is 0 Å². The summed E-state index contributed by atoms with van der Waals surface area (Å²) in [5, 5.41) is 29.8. The fourth-order valence-corrected chi connectivity index (χ4v) is 2.52. The van der Waals surface area contributed by atoms with Gasteiger partial charge in [-0.1, -0.05) is 18.2 Å². The Bertz CT molecular complexity index is 739. The third kappa shape index (κ3) is 2.14. The van der Waals surface area contributed by atoms with Gasteiger partial charge < -0.3 is 24.8 Å². The van der Waals surface area contributed by atoms with Crippen molar-refractivity contribution in [2.45, 2.75) is 12.2 Å². The maximum absolute atomic E-state index is 12.4. The van der Waals surface area contributed by atoms with Gasteiger partial charge >= 0.3 is 0 Å². The molecule has 1 heterocycles. The molecule has 0 unspecified atom stereocenters. The Morgan fingerprint density at radius 1 is 1.18 bits per heavy atom. The first-order valence-corrected chi connectivity index (χ1v) is 6.60. The lowest BCUT2D eigenvalue weighted by atomic mass is 9.92. The zero-order valence-electron chi connectivity index (χ0n) is 11.7. The standard InChI is InChI=1S/C16H14O6/c1-21-11-6-8(17)7-12-13(11)14(19)15(20)16(22-12)9-4-2-3-5-10(9)18/h2-7,15-18,20H,1H3/t15-,16+/m0/s1. The Morgan fingerprint density at radius 2 is 1.91 bits per heavy atom. The molecule has 0 radical (unpaired) electrons. The number of aromatic hydroxyl groups is 2. The summed E-state index contributed by atoms with van der Waals surface area (Å²) in [5.74, 6) is -0.590. The molecular formula is C16H14O6.